The van der Waals surface area contributed by atoms with Crippen LogP contribution in [0.5, 0.6) is 0 Å². The third kappa shape index (κ3) is 9.09. The average Bonchev–Trinajstić information content (AvgIpc) is 3.98. The van der Waals surface area contributed by atoms with Crippen LogP contribution in [0.1, 0.15) is 27.8 Å². The van der Waals surface area contributed by atoms with Crippen LogP contribution in [0.15, 0.2) is 194 Å². The van der Waals surface area contributed by atoms with E-state index in [-0.39, 0.29) is 66.4 Å². The number of fused-ring (bicyclic) bond motifs is 6. The van der Waals surface area contributed by atoms with Crippen LogP contribution in [0, 0.1) is 11.3 Å². The molecule has 0 bridgehead atoms. The molecule has 0 aliphatic heterocycles. The van der Waals surface area contributed by atoms with Gasteiger partial charge in [0.15, 0.2) is 17.5 Å². The van der Waals surface area contributed by atoms with Gasteiger partial charge in [0.05, 0.1) is 67.3 Å². The summed E-state index contributed by atoms with van der Waals surface area (Å²) in [6.07, 6.45) is -19.5. The Bertz CT molecular complexity index is 4290. The number of hydrogen-bond donors (Lipinski definition) is 0. The van der Waals surface area contributed by atoms with Crippen LogP contribution in [0.3, 0.4) is 0 Å². The van der Waals surface area contributed by atoms with Crippen molar-refractivity contribution in [1.29, 1.82) is 5.26 Å². The average molecular weight is 1090 g/mol. The monoisotopic (exact) mass is 1090 g/mol. The number of aromatic nitrogens is 5. The molecule has 0 fully saturated rings. The van der Waals surface area contributed by atoms with E-state index in [1.807, 2.05) is 36.4 Å². The van der Waals surface area contributed by atoms with Gasteiger partial charge in [-0.1, -0.05) is 78.9 Å². The normalized spacial score (nSPS) is 12.5. The zero-order chi connectivity index (χ0) is 56.0. The van der Waals surface area contributed by atoms with E-state index in [0.717, 1.165) is 60.7 Å². The van der Waals surface area contributed by atoms with Crippen molar-refractivity contribution in [2.24, 2.45) is 0 Å². The highest BCUT2D eigenvalue weighted by Crippen LogP contribution is 2.46. The van der Waals surface area contributed by atoms with Gasteiger partial charge < -0.3 is 9.13 Å². The summed E-state index contributed by atoms with van der Waals surface area (Å²) in [7, 11) is 0. The van der Waals surface area contributed by atoms with Crippen LogP contribution in [-0.2, 0) is 24.7 Å². The van der Waals surface area contributed by atoms with Gasteiger partial charge in [-0.2, -0.15) is 57.9 Å². The van der Waals surface area contributed by atoms with E-state index in [0.29, 0.717) is 50.6 Å². The quantitative estimate of drug-likeness (QED) is 0.149. The molecule has 18 heteroatoms. The summed E-state index contributed by atoms with van der Waals surface area (Å²) in [6.45, 7) is 0. The first-order valence-corrected chi connectivity index (χ1v) is 24.2. The molecule has 9 aromatic carbocycles. The first-order valence-electron chi connectivity index (χ1n) is 24.2. The molecule has 0 saturated heterocycles. The lowest BCUT2D eigenvalue weighted by Crippen LogP contribution is -2.05. The summed E-state index contributed by atoms with van der Waals surface area (Å²) in [6, 6.07) is 47.5. The lowest BCUT2D eigenvalue weighted by atomic mass is 9.94. The van der Waals surface area contributed by atoms with Crippen molar-refractivity contribution in [3.63, 3.8) is 0 Å². The summed E-state index contributed by atoms with van der Waals surface area (Å²) in [5, 5.41) is 9.55. The van der Waals surface area contributed by atoms with Gasteiger partial charge in [0.1, 0.15) is 0 Å². The molecule has 3 aromatic heterocycles. The van der Waals surface area contributed by atoms with Crippen LogP contribution in [-0.4, -0.2) is 24.1 Å². The van der Waals surface area contributed by atoms with Crippen molar-refractivity contribution in [2.45, 2.75) is 24.7 Å². The minimum Gasteiger partial charge on any atom is -0.309 e. The third-order valence-electron chi connectivity index (χ3n) is 13.9. The van der Waals surface area contributed by atoms with Crippen molar-refractivity contribution in [3.8, 4) is 73.9 Å². The second-order valence-electron chi connectivity index (χ2n) is 18.8. The van der Waals surface area contributed by atoms with Gasteiger partial charge in [0.25, 0.3) is 0 Å². The number of nitrogens with zero attached hydrogens (tertiary/aromatic N) is 6. The number of hydrogen-bond acceptors (Lipinski definition) is 4. The summed E-state index contributed by atoms with van der Waals surface area (Å²) in [5.41, 5.74) is -0.373. The van der Waals surface area contributed by atoms with E-state index in [2.05, 4.69) is 6.07 Å². The molecule has 0 unspecified atom stereocenters. The summed E-state index contributed by atoms with van der Waals surface area (Å²) in [5.74, 6) is 0.754. The van der Waals surface area contributed by atoms with Crippen molar-refractivity contribution in [1.82, 2.24) is 24.1 Å². The maximum Gasteiger partial charge on any atom is 0.416 e. The first kappa shape index (κ1) is 51.0. The molecule has 0 atom stereocenters. The minimum atomic E-state index is -4.88. The lowest BCUT2D eigenvalue weighted by molar-refractivity contribution is -0.138. The van der Waals surface area contributed by atoms with Gasteiger partial charge in [0, 0.05) is 49.4 Å². The van der Waals surface area contributed by atoms with Crippen LogP contribution < -0.4 is 0 Å². The summed E-state index contributed by atoms with van der Waals surface area (Å²) >= 11 is 0. The van der Waals surface area contributed by atoms with Crippen molar-refractivity contribution in [2.75, 3.05) is 0 Å². The largest absolute Gasteiger partial charge is 0.416 e. The summed E-state index contributed by atoms with van der Waals surface area (Å²) < 4.78 is 176. The van der Waals surface area contributed by atoms with Gasteiger partial charge in [-0.25, -0.2) is 15.0 Å². The second-order valence-corrected chi connectivity index (χ2v) is 18.8. The molecule has 3 heterocycles. The minimum absolute atomic E-state index is 0.0968. The Labute approximate surface area is 444 Å². The van der Waals surface area contributed by atoms with Crippen LogP contribution in [0.25, 0.3) is 111 Å². The molecule has 6 nitrogen and oxygen atoms in total. The van der Waals surface area contributed by atoms with E-state index in [4.69, 9.17) is 15.0 Å². The molecule has 80 heavy (non-hydrogen) atoms. The van der Waals surface area contributed by atoms with Crippen LogP contribution in [0.2, 0.25) is 0 Å². The lowest BCUT2D eigenvalue weighted by Gasteiger charge is -2.20. The van der Waals surface area contributed by atoms with Gasteiger partial charge in [-0.15, -0.1) is 0 Å². The molecule has 12 rings (SSSR count). The number of alkyl halides is 12. The highest BCUT2D eigenvalue weighted by molar-refractivity contribution is 6.12. The molecule has 0 spiro atoms. The zero-order valence-electron chi connectivity index (χ0n) is 40.7. The van der Waals surface area contributed by atoms with Crippen molar-refractivity contribution >= 4 is 43.6 Å². The first-order chi connectivity index (χ1) is 38.1. The Morgan fingerprint density at radius 2 is 0.637 bits per heavy atom. The molecular weight excluding hydrogens is 1060 g/mol. The second kappa shape index (κ2) is 18.7. The number of benzene rings is 9. The van der Waals surface area contributed by atoms with Crippen LogP contribution in [0.4, 0.5) is 52.7 Å². The predicted molar refractivity (Wildman–Crippen MR) is 280 cm³/mol. The molecule has 0 aliphatic carbocycles. The SMILES string of the molecule is N#Cc1cccc(-c2cc(-c3cc(-c4nc(-c5ccccc5)nc(-c5ccccc5)n4)ccc3-n3c4ccc(C(F)(F)F)cc4c4cc(C(F)(F)F)ccc43)ccc2-n2c3ccc(C(F)(F)F)cc3c3cc(C(F)(F)F)ccc32)c1. The standard InChI is InChI=1S/C62H32F12N6/c63-59(64,65)40-16-22-52-46(29-40)47-30-41(60(66,67)68)17-23-53(47)79(52)50-20-14-38(27-44(50)37-13-7-8-34(26-37)33-75)45-28-39(58-77-56(35-9-3-1-4-10-35)76-57(78-58)36-11-5-2-6-12-36)15-21-51(45)80-54-24-18-42(61(69,70)71)31-48(54)49-32-43(62(72,73)74)19-25-55(49)80/h1-32H. The van der Waals surface area contributed by atoms with Gasteiger partial charge in [0.2, 0.25) is 0 Å². The third-order valence-corrected chi connectivity index (χ3v) is 13.9. The fraction of sp³-hybridized carbons (Fsp3) is 0.0645. The fourth-order valence-corrected chi connectivity index (χ4v) is 10.2. The van der Waals surface area contributed by atoms with E-state index in [1.54, 1.807) is 78.9 Å². The van der Waals surface area contributed by atoms with Gasteiger partial charge >= 0.3 is 24.7 Å². The summed E-state index contributed by atoms with van der Waals surface area (Å²) in [4.78, 5) is 14.6. The van der Waals surface area contributed by atoms with Crippen LogP contribution >= 0.6 is 0 Å². The van der Waals surface area contributed by atoms with E-state index in [1.165, 1.54) is 27.3 Å². The maximum atomic E-state index is 14.4. The van der Waals surface area contributed by atoms with Gasteiger partial charge in [-0.05, 0) is 126 Å². The molecule has 394 valence electrons. The molecule has 12 aromatic rings. The van der Waals surface area contributed by atoms with E-state index >= 15 is 0 Å². The number of rotatable bonds is 7. The smallest absolute Gasteiger partial charge is 0.309 e. The molecule has 0 aliphatic rings. The zero-order valence-corrected chi connectivity index (χ0v) is 40.7. The predicted octanol–water partition coefficient (Wildman–Crippen LogP) is 18.3. The molecule has 0 N–H and O–H groups in total. The number of nitriles is 1. The Kier molecular flexibility index (Phi) is 11.9. The van der Waals surface area contributed by atoms with Crippen molar-refractivity contribution in [3.05, 3.63) is 222 Å². The molecular formula is C62H32F12N6. The van der Waals surface area contributed by atoms with E-state index in [9.17, 15) is 57.9 Å². The highest BCUT2D eigenvalue weighted by Gasteiger charge is 2.36. The molecule has 0 radical (unpaired) electrons. The molecule has 0 amide bonds. The topological polar surface area (TPSA) is 72.3 Å². The Morgan fingerprint density at radius 3 is 1.00 bits per heavy atom. The molecule has 0 saturated carbocycles. The Hall–Kier alpha value is -9.76. The fourth-order valence-electron chi connectivity index (χ4n) is 10.2. The highest BCUT2D eigenvalue weighted by atomic mass is 19.4. The Balaban J connectivity index is 1.18. The maximum absolute atomic E-state index is 14.4. The van der Waals surface area contributed by atoms with Gasteiger partial charge in [-0.3, -0.25) is 0 Å². The Morgan fingerprint density at radius 1 is 0.312 bits per heavy atom. The van der Waals surface area contributed by atoms with E-state index < -0.39 is 47.0 Å². The van der Waals surface area contributed by atoms with Crippen molar-refractivity contribution < 1.29 is 52.7 Å². The number of halogens is 12.